The quantitative estimate of drug-likeness (QED) is 0.486. The molecule has 0 aliphatic rings. The van der Waals surface area contributed by atoms with Crippen molar-refractivity contribution in [1.82, 2.24) is 14.5 Å². The third-order valence-corrected chi connectivity index (χ3v) is 7.28. The lowest BCUT2D eigenvalue weighted by molar-refractivity contribution is -0.140. The number of nitrogens with zero attached hydrogens (tertiary/aromatic N) is 3. The molecule has 0 saturated carbocycles. The van der Waals surface area contributed by atoms with Crippen molar-refractivity contribution < 1.29 is 22.4 Å². The summed E-state index contributed by atoms with van der Waals surface area (Å²) in [6.07, 6.45) is 0.290. The highest BCUT2D eigenvalue weighted by atomic mass is 35.5. The van der Waals surface area contributed by atoms with Crippen molar-refractivity contribution in [3.8, 4) is 0 Å². The summed E-state index contributed by atoms with van der Waals surface area (Å²) in [6.45, 7) is 4.71. The normalized spacial score (nSPS) is 12.5. The molecule has 2 aromatic rings. The Morgan fingerprint density at radius 2 is 1.66 bits per heavy atom. The van der Waals surface area contributed by atoms with Crippen LogP contribution in [0, 0.1) is 5.82 Å². The fourth-order valence-corrected chi connectivity index (χ4v) is 4.63. The molecular weight excluding hydrogens is 495 g/mol. The second-order valence-corrected chi connectivity index (χ2v) is 11.0. The van der Waals surface area contributed by atoms with Crippen molar-refractivity contribution in [3.63, 3.8) is 0 Å². The number of hydrogen-bond donors (Lipinski definition) is 1. The van der Waals surface area contributed by atoms with Gasteiger partial charge in [0.2, 0.25) is 11.8 Å². The van der Waals surface area contributed by atoms with E-state index in [4.69, 9.17) is 11.6 Å². The van der Waals surface area contributed by atoms with Crippen LogP contribution in [0.2, 0.25) is 5.02 Å². The first kappa shape index (κ1) is 28.5. The smallest absolute Gasteiger partial charge is 0.304 e. The first-order valence-electron chi connectivity index (χ1n) is 11.2. The maximum atomic E-state index is 14.6. The summed E-state index contributed by atoms with van der Waals surface area (Å²) in [7, 11) is -1.64. The van der Waals surface area contributed by atoms with Gasteiger partial charge in [-0.1, -0.05) is 42.8 Å². The van der Waals surface area contributed by atoms with Crippen molar-refractivity contribution in [1.29, 1.82) is 0 Å². The Morgan fingerprint density at radius 1 is 1.06 bits per heavy atom. The molecule has 0 aromatic heterocycles. The number of carbonyl (C=O) groups is 2. The predicted octanol–water partition coefficient (Wildman–Crippen LogP) is 3.42. The number of rotatable bonds is 11. The van der Waals surface area contributed by atoms with Gasteiger partial charge in [-0.25, -0.2) is 8.70 Å². The summed E-state index contributed by atoms with van der Waals surface area (Å²) in [5.74, 6) is -1.81. The maximum Gasteiger partial charge on any atom is 0.304 e. The van der Waals surface area contributed by atoms with Gasteiger partial charge < -0.3 is 10.2 Å². The minimum Gasteiger partial charge on any atom is -0.352 e. The van der Waals surface area contributed by atoms with E-state index >= 15 is 0 Å². The maximum absolute atomic E-state index is 14.6. The highest BCUT2D eigenvalue weighted by Gasteiger charge is 2.34. The van der Waals surface area contributed by atoms with E-state index in [1.165, 1.54) is 37.2 Å². The van der Waals surface area contributed by atoms with Gasteiger partial charge >= 0.3 is 10.2 Å². The van der Waals surface area contributed by atoms with Crippen molar-refractivity contribution in [2.45, 2.75) is 45.8 Å². The highest BCUT2D eigenvalue weighted by molar-refractivity contribution is 7.90. The molecule has 0 heterocycles. The van der Waals surface area contributed by atoms with Gasteiger partial charge in [0.25, 0.3) is 0 Å². The van der Waals surface area contributed by atoms with Crippen LogP contribution in [0.4, 0.5) is 10.1 Å². The van der Waals surface area contributed by atoms with Crippen LogP contribution in [0.3, 0.4) is 0 Å². The van der Waals surface area contributed by atoms with Crippen LogP contribution >= 0.6 is 11.6 Å². The van der Waals surface area contributed by atoms with Crippen LogP contribution in [-0.4, -0.2) is 62.2 Å². The van der Waals surface area contributed by atoms with Crippen molar-refractivity contribution in [3.05, 3.63) is 64.9 Å². The summed E-state index contributed by atoms with van der Waals surface area (Å²) in [5.41, 5.74) is 0.437. The molecule has 1 atom stereocenters. The number of anilines is 1. The Labute approximate surface area is 211 Å². The number of benzene rings is 2. The molecule has 8 nitrogen and oxygen atoms in total. The van der Waals surface area contributed by atoms with E-state index in [1.54, 1.807) is 45.0 Å². The lowest BCUT2D eigenvalue weighted by Crippen LogP contribution is -2.54. The minimum absolute atomic E-state index is 0.0349. The summed E-state index contributed by atoms with van der Waals surface area (Å²) in [6, 6.07) is 11.1. The Morgan fingerprint density at radius 3 is 2.17 bits per heavy atom. The zero-order valence-electron chi connectivity index (χ0n) is 20.5. The molecule has 192 valence electrons. The number of amides is 2. The molecular formula is C24H32ClFN4O4S. The van der Waals surface area contributed by atoms with E-state index in [2.05, 4.69) is 5.32 Å². The molecule has 0 bridgehead atoms. The van der Waals surface area contributed by atoms with E-state index in [9.17, 15) is 22.4 Å². The van der Waals surface area contributed by atoms with Gasteiger partial charge in [0.1, 0.15) is 18.4 Å². The molecule has 1 N–H and O–H groups in total. The predicted molar refractivity (Wildman–Crippen MR) is 136 cm³/mol. The Bertz CT molecular complexity index is 1130. The van der Waals surface area contributed by atoms with Gasteiger partial charge in [-0.3, -0.25) is 9.59 Å². The standard InChI is InChI=1S/C24H32ClFN4O4S/c1-6-21(24(32)27-17(2)3)29(15-18-11-13-19(25)14-12-18)23(31)16-30(35(33,34)28(4)5)22-10-8-7-9-20(22)26/h7-14,17,21H,6,15-16H2,1-5H3,(H,27,32)/t21-/m0/s1. The molecule has 0 spiro atoms. The lowest BCUT2D eigenvalue weighted by atomic mass is 10.1. The Kier molecular flexibility index (Phi) is 10.1. The number of nitrogens with one attached hydrogen (secondary N) is 1. The summed E-state index contributed by atoms with van der Waals surface area (Å²) in [5, 5.41) is 3.33. The third kappa shape index (κ3) is 7.39. The summed E-state index contributed by atoms with van der Waals surface area (Å²) < 4.78 is 42.4. The van der Waals surface area contributed by atoms with Crippen LogP contribution < -0.4 is 9.62 Å². The van der Waals surface area contributed by atoms with Crippen LogP contribution in [-0.2, 0) is 26.3 Å². The average Bonchev–Trinajstić information content (AvgIpc) is 2.78. The van der Waals surface area contributed by atoms with Gasteiger partial charge in [0, 0.05) is 31.7 Å². The van der Waals surface area contributed by atoms with Crippen LogP contribution in [0.1, 0.15) is 32.8 Å². The molecule has 0 unspecified atom stereocenters. The molecule has 0 aliphatic carbocycles. The van der Waals surface area contributed by atoms with E-state index in [0.717, 1.165) is 10.4 Å². The fourth-order valence-electron chi connectivity index (χ4n) is 3.44. The minimum atomic E-state index is -4.23. The molecule has 2 rings (SSSR count). The van der Waals surface area contributed by atoms with E-state index in [-0.39, 0.29) is 30.6 Å². The van der Waals surface area contributed by atoms with Crippen LogP contribution in [0.15, 0.2) is 48.5 Å². The third-order valence-electron chi connectivity index (χ3n) is 5.22. The molecule has 2 amide bonds. The SMILES string of the molecule is CC[C@@H](C(=O)NC(C)C)N(Cc1ccc(Cl)cc1)C(=O)CN(c1ccccc1F)S(=O)(=O)N(C)C. The molecule has 0 saturated heterocycles. The van der Waals surface area contributed by atoms with Crippen molar-refractivity contribution in [2.24, 2.45) is 0 Å². The van der Waals surface area contributed by atoms with E-state index < -0.39 is 34.5 Å². The van der Waals surface area contributed by atoms with Crippen LogP contribution in [0.25, 0.3) is 0 Å². The Hall–Kier alpha value is -2.69. The summed E-state index contributed by atoms with van der Waals surface area (Å²) in [4.78, 5) is 27.9. The van der Waals surface area contributed by atoms with Gasteiger partial charge in [-0.2, -0.15) is 12.7 Å². The monoisotopic (exact) mass is 526 g/mol. The topological polar surface area (TPSA) is 90.0 Å². The van der Waals surface area contributed by atoms with Gasteiger partial charge in [-0.15, -0.1) is 0 Å². The molecule has 0 aliphatic heterocycles. The zero-order valence-corrected chi connectivity index (χ0v) is 22.1. The van der Waals surface area contributed by atoms with Gasteiger partial charge in [-0.05, 0) is 50.1 Å². The molecule has 0 fully saturated rings. The average molecular weight is 527 g/mol. The van der Waals surface area contributed by atoms with Gasteiger partial charge in [0.15, 0.2) is 0 Å². The zero-order chi connectivity index (χ0) is 26.3. The largest absolute Gasteiger partial charge is 0.352 e. The van der Waals surface area contributed by atoms with E-state index in [0.29, 0.717) is 14.9 Å². The highest BCUT2D eigenvalue weighted by Crippen LogP contribution is 2.24. The second-order valence-electron chi connectivity index (χ2n) is 8.48. The Balaban J connectivity index is 2.51. The van der Waals surface area contributed by atoms with E-state index in [1.807, 2.05) is 0 Å². The second kappa shape index (κ2) is 12.3. The number of hydrogen-bond acceptors (Lipinski definition) is 4. The lowest BCUT2D eigenvalue weighted by Gasteiger charge is -2.34. The van der Waals surface area contributed by atoms with Crippen molar-refractivity contribution >= 4 is 39.3 Å². The van der Waals surface area contributed by atoms with Crippen LogP contribution in [0.5, 0.6) is 0 Å². The molecule has 0 radical (unpaired) electrons. The first-order chi connectivity index (χ1) is 16.4. The molecule has 2 aromatic carbocycles. The molecule has 11 heteroatoms. The number of halogens is 2. The summed E-state index contributed by atoms with van der Waals surface area (Å²) >= 11 is 5.98. The van der Waals surface area contributed by atoms with Crippen molar-refractivity contribution in [2.75, 3.05) is 24.9 Å². The number of carbonyl (C=O) groups excluding carboxylic acids is 2. The molecule has 35 heavy (non-hydrogen) atoms. The first-order valence-corrected chi connectivity index (χ1v) is 12.9. The van der Waals surface area contributed by atoms with Gasteiger partial charge in [0.05, 0.1) is 5.69 Å². The fraction of sp³-hybridized carbons (Fsp3) is 0.417. The number of para-hydroxylation sites is 1.